The third-order valence-electron chi connectivity index (χ3n) is 6.39. The first-order valence-electron chi connectivity index (χ1n) is 12.7. The number of Topliss-reactive ketones (excluding diaryl/α,β-unsaturated/α-hetero) is 1. The molecule has 0 atom stereocenters. The lowest BCUT2D eigenvalue weighted by atomic mass is 10.1. The van der Waals surface area contributed by atoms with Gasteiger partial charge >= 0.3 is 0 Å². The third-order valence-corrected chi connectivity index (χ3v) is 7.67. The van der Waals surface area contributed by atoms with Crippen LogP contribution in [0.15, 0.2) is 65.7 Å². The minimum Gasteiger partial charge on any atom is -0.485 e. The molecule has 0 aliphatic rings. The molecule has 3 heterocycles. The molecule has 3 aromatic heterocycles. The Balaban J connectivity index is 1.53. The second-order valence-electron chi connectivity index (χ2n) is 10.3. The maximum absolute atomic E-state index is 12.5. The van der Waals surface area contributed by atoms with Gasteiger partial charge in [-0.1, -0.05) is 22.9 Å². The Bertz CT molecular complexity index is 1480. The van der Waals surface area contributed by atoms with Crippen molar-refractivity contribution in [1.82, 2.24) is 24.5 Å². The van der Waals surface area contributed by atoms with E-state index in [9.17, 15) is 9.59 Å². The highest BCUT2D eigenvalue weighted by atomic mass is 35.5. The normalized spacial score (nSPS) is 11.7. The van der Waals surface area contributed by atoms with Crippen LogP contribution in [0.4, 0.5) is 0 Å². The summed E-state index contributed by atoms with van der Waals surface area (Å²) in [7, 11) is 8.51. The first-order chi connectivity index (χ1) is 18.6. The zero-order valence-corrected chi connectivity index (χ0v) is 24.3. The quantitative estimate of drug-likeness (QED) is 0.179. The molecule has 39 heavy (non-hydrogen) atoms. The topological polar surface area (TPSA) is 82.2 Å². The Morgan fingerprint density at radius 3 is 2.67 bits per heavy atom. The second-order valence-corrected chi connectivity index (χ2v) is 12.0. The van der Waals surface area contributed by atoms with E-state index < -0.39 is 0 Å². The molecule has 0 saturated heterocycles. The SMILES string of the molecule is CN(C)CC[N+](C)(C)CCOc1cc(-n2ccccc2=O)ccc1-n1cc(CCC(=O)c2ccc(Cl)s2)nn1. The van der Waals surface area contributed by atoms with E-state index in [4.69, 9.17) is 16.3 Å². The predicted molar refractivity (Wildman–Crippen MR) is 155 cm³/mol. The van der Waals surface area contributed by atoms with Gasteiger partial charge in [0, 0.05) is 37.7 Å². The van der Waals surface area contributed by atoms with Crippen LogP contribution in [0, 0.1) is 0 Å². The highest BCUT2D eigenvalue weighted by Crippen LogP contribution is 2.27. The number of ether oxygens (including phenoxy) is 1. The lowest BCUT2D eigenvalue weighted by Crippen LogP contribution is -2.46. The Kier molecular flexibility index (Phi) is 9.34. The number of halogens is 1. The third kappa shape index (κ3) is 7.86. The highest BCUT2D eigenvalue weighted by Gasteiger charge is 2.18. The summed E-state index contributed by atoms with van der Waals surface area (Å²) < 4.78 is 10.9. The van der Waals surface area contributed by atoms with E-state index in [-0.39, 0.29) is 11.3 Å². The Hall–Kier alpha value is -3.31. The van der Waals surface area contributed by atoms with Crippen molar-refractivity contribution in [2.24, 2.45) is 0 Å². The van der Waals surface area contributed by atoms with Crippen molar-refractivity contribution >= 4 is 28.7 Å². The van der Waals surface area contributed by atoms with E-state index in [1.807, 2.05) is 30.5 Å². The van der Waals surface area contributed by atoms with Crippen LogP contribution in [-0.2, 0) is 6.42 Å². The number of carbonyl (C=O) groups excluding carboxylic acids is 1. The molecule has 0 unspecified atom stereocenters. The number of aryl methyl sites for hydroxylation is 1. The summed E-state index contributed by atoms with van der Waals surface area (Å²) in [4.78, 5) is 27.7. The van der Waals surface area contributed by atoms with Gasteiger partial charge in [-0.05, 0) is 44.4 Å². The van der Waals surface area contributed by atoms with Crippen LogP contribution in [0.1, 0.15) is 21.8 Å². The minimum absolute atomic E-state index is 0.0261. The molecule has 0 bridgehead atoms. The van der Waals surface area contributed by atoms with Gasteiger partial charge in [0.1, 0.15) is 24.6 Å². The largest absolute Gasteiger partial charge is 0.485 e. The number of nitrogens with zero attached hydrogens (tertiary/aromatic N) is 6. The van der Waals surface area contributed by atoms with E-state index in [1.165, 1.54) is 17.4 Å². The van der Waals surface area contributed by atoms with Gasteiger partial charge in [0.2, 0.25) is 0 Å². The van der Waals surface area contributed by atoms with Crippen LogP contribution >= 0.6 is 22.9 Å². The number of aromatic nitrogens is 4. The molecule has 11 heteroatoms. The predicted octanol–water partition coefficient (Wildman–Crippen LogP) is 3.97. The van der Waals surface area contributed by atoms with E-state index in [1.54, 1.807) is 33.6 Å². The van der Waals surface area contributed by atoms with Crippen molar-refractivity contribution in [1.29, 1.82) is 0 Å². The van der Waals surface area contributed by atoms with Crippen molar-refractivity contribution < 1.29 is 14.0 Å². The van der Waals surface area contributed by atoms with Gasteiger partial charge in [-0.15, -0.1) is 16.4 Å². The van der Waals surface area contributed by atoms with E-state index in [2.05, 4.69) is 43.4 Å². The van der Waals surface area contributed by atoms with E-state index in [0.29, 0.717) is 51.5 Å². The molecule has 4 aromatic rings. The van der Waals surface area contributed by atoms with Crippen LogP contribution < -0.4 is 10.3 Å². The summed E-state index contributed by atoms with van der Waals surface area (Å²) in [5.74, 6) is 0.620. The second kappa shape index (κ2) is 12.7. The molecule has 206 valence electrons. The maximum Gasteiger partial charge on any atom is 0.255 e. The van der Waals surface area contributed by atoms with Crippen molar-refractivity contribution in [2.45, 2.75) is 12.8 Å². The van der Waals surface area contributed by atoms with Crippen LogP contribution in [-0.4, -0.2) is 89.2 Å². The van der Waals surface area contributed by atoms with Gasteiger partial charge in [0.25, 0.3) is 5.56 Å². The molecule has 0 N–H and O–H groups in total. The molecule has 1 aromatic carbocycles. The fraction of sp³-hybridized carbons (Fsp3) is 0.357. The Labute approximate surface area is 237 Å². The summed E-state index contributed by atoms with van der Waals surface area (Å²) in [6, 6.07) is 14.1. The Morgan fingerprint density at radius 2 is 1.95 bits per heavy atom. The summed E-state index contributed by atoms with van der Waals surface area (Å²) in [6.45, 7) is 3.26. The number of hydrogen-bond acceptors (Lipinski definition) is 7. The van der Waals surface area contributed by atoms with Crippen molar-refractivity contribution in [2.75, 3.05) is 54.4 Å². The molecule has 0 aliphatic carbocycles. The lowest BCUT2D eigenvalue weighted by molar-refractivity contribution is -0.889. The number of thiophene rings is 1. The molecule has 4 rings (SSSR count). The molecule has 0 amide bonds. The van der Waals surface area contributed by atoms with Gasteiger partial charge in [0.15, 0.2) is 5.78 Å². The number of ketones is 1. The molecule has 0 fully saturated rings. The van der Waals surface area contributed by atoms with Crippen LogP contribution in [0.25, 0.3) is 11.4 Å². The van der Waals surface area contributed by atoms with Crippen molar-refractivity contribution in [3.63, 3.8) is 0 Å². The monoisotopic (exact) mass is 569 g/mol. The molecule has 0 saturated carbocycles. The zero-order valence-electron chi connectivity index (χ0n) is 22.7. The standard InChI is InChI=1S/C28H34ClN6O3S/c1-32(2)15-16-35(3,4)17-18-38-25-19-22(33-14-6-5-7-28(33)37)9-10-23(25)34-20-21(30-31-34)8-11-24(36)26-12-13-27(29)39-26/h5-7,9-10,12-14,19-20H,8,11,15-18H2,1-4H3/q+1. The lowest BCUT2D eigenvalue weighted by Gasteiger charge is -2.31. The van der Waals surface area contributed by atoms with Gasteiger partial charge in [-0.3, -0.25) is 14.2 Å². The van der Waals surface area contributed by atoms with Crippen LogP contribution in [0.5, 0.6) is 5.75 Å². The average Bonchev–Trinajstić information content (AvgIpc) is 3.55. The number of likely N-dealkylation sites (N-methyl/N-ethyl adjacent to an activating group) is 2. The molecular weight excluding hydrogens is 536 g/mol. The molecule has 0 spiro atoms. The fourth-order valence-electron chi connectivity index (χ4n) is 3.94. The summed E-state index contributed by atoms with van der Waals surface area (Å²) >= 11 is 7.24. The smallest absolute Gasteiger partial charge is 0.255 e. The van der Waals surface area contributed by atoms with Crippen molar-refractivity contribution in [3.05, 3.63) is 86.2 Å². The number of rotatable bonds is 13. The van der Waals surface area contributed by atoms with Gasteiger partial charge in [-0.25, -0.2) is 4.68 Å². The highest BCUT2D eigenvalue weighted by molar-refractivity contribution is 7.18. The number of benzene rings is 1. The summed E-state index contributed by atoms with van der Waals surface area (Å²) in [5.41, 5.74) is 1.97. The minimum atomic E-state index is -0.127. The van der Waals surface area contributed by atoms with Gasteiger partial charge in [-0.2, -0.15) is 0 Å². The molecule has 9 nitrogen and oxygen atoms in total. The number of hydrogen-bond donors (Lipinski definition) is 0. The van der Waals surface area contributed by atoms with Crippen LogP contribution in [0.3, 0.4) is 0 Å². The average molecular weight is 570 g/mol. The zero-order chi connectivity index (χ0) is 28.0. The summed E-state index contributed by atoms with van der Waals surface area (Å²) in [6.07, 6.45) is 4.31. The van der Waals surface area contributed by atoms with E-state index in [0.717, 1.165) is 24.1 Å². The fourth-order valence-corrected chi connectivity index (χ4v) is 4.95. The maximum atomic E-state index is 12.5. The number of carbonyl (C=O) groups is 1. The number of quaternary nitrogens is 1. The van der Waals surface area contributed by atoms with Crippen molar-refractivity contribution in [3.8, 4) is 17.1 Å². The van der Waals surface area contributed by atoms with Crippen LogP contribution in [0.2, 0.25) is 4.34 Å². The summed E-state index contributed by atoms with van der Waals surface area (Å²) in [5, 5.41) is 8.59. The first-order valence-corrected chi connectivity index (χ1v) is 13.9. The van der Waals surface area contributed by atoms with Gasteiger partial charge < -0.3 is 14.1 Å². The van der Waals surface area contributed by atoms with E-state index >= 15 is 0 Å². The molecule has 0 radical (unpaired) electrons. The number of pyridine rings is 1. The van der Waals surface area contributed by atoms with Gasteiger partial charge in [0.05, 0.1) is 47.4 Å². The Morgan fingerprint density at radius 1 is 1.13 bits per heavy atom. The molecular formula is C28H34ClN6O3S+. The molecule has 0 aliphatic heterocycles. The first kappa shape index (κ1) is 28.7.